The number of nitrogens with zero attached hydrogens (tertiary/aromatic N) is 4. The first-order chi connectivity index (χ1) is 13.9. The highest BCUT2D eigenvalue weighted by atomic mass is 15.4. The summed E-state index contributed by atoms with van der Waals surface area (Å²) in [4.78, 5) is 0. The van der Waals surface area contributed by atoms with Gasteiger partial charge in [0.2, 0.25) is 0 Å². The van der Waals surface area contributed by atoms with Gasteiger partial charge in [-0.05, 0) is 11.1 Å². The topological polar surface area (TPSA) is 55.1 Å². The van der Waals surface area contributed by atoms with Gasteiger partial charge in [0.05, 0.1) is 0 Å². The predicted molar refractivity (Wildman–Crippen MR) is 111 cm³/mol. The van der Waals surface area contributed by atoms with Crippen LogP contribution < -0.4 is 5.32 Å². The Hall–Kier alpha value is -3.73. The van der Waals surface area contributed by atoms with Gasteiger partial charge in [-0.1, -0.05) is 84.9 Å². The molecule has 0 aliphatic carbocycles. The van der Waals surface area contributed by atoms with Crippen molar-refractivity contribution in [3.8, 4) is 0 Å². The summed E-state index contributed by atoms with van der Waals surface area (Å²) in [6.45, 7) is 0.708. The average Bonchev–Trinajstić information content (AvgIpc) is 3.16. The molecule has 0 aliphatic heterocycles. The summed E-state index contributed by atoms with van der Waals surface area (Å²) in [5.74, 6) is 1.66. The molecule has 0 atom stereocenters. The van der Waals surface area contributed by atoms with Crippen molar-refractivity contribution in [1.29, 1.82) is 0 Å². The van der Waals surface area contributed by atoms with E-state index in [-0.39, 0.29) is 0 Å². The van der Waals surface area contributed by atoms with Crippen molar-refractivity contribution in [2.45, 2.75) is 13.0 Å². The van der Waals surface area contributed by atoms with Crippen LogP contribution in [0.2, 0.25) is 0 Å². The van der Waals surface area contributed by atoms with Gasteiger partial charge in [0.1, 0.15) is 0 Å². The largest absolute Gasteiger partial charge is 0.364 e. The molecule has 0 aliphatic rings. The molecule has 5 heteroatoms. The summed E-state index contributed by atoms with van der Waals surface area (Å²) < 4.78 is 1.86. The Kier molecular flexibility index (Phi) is 4.18. The molecular weight excluding hydrogens is 346 g/mol. The number of hydrogen-bond donors (Lipinski definition) is 1. The van der Waals surface area contributed by atoms with Crippen LogP contribution in [-0.2, 0) is 13.0 Å². The Morgan fingerprint density at radius 3 is 2.07 bits per heavy atom. The Balaban J connectivity index is 1.58. The normalized spacial score (nSPS) is 11.1. The van der Waals surface area contributed by atoms with E-state index >= 15 is 0 Å². The second-order valence-electron chi connectivity index (χ2n) is 6.75. The van der Waals surface area contributed by atoms with Crippen molar-refractivity contribution >= 4 is 22.2 Å². The van der Waals surface area contributed by atoms with Gasteiger partial charge < -0.3 is 5.32 Å². The molecule has 5 nitrogen and oxygen atoms in total. The van der Waals surface area contributed by atoms with Gasteiger partial charge >= 0.3 is 0 Å². The Morgan fingerprint density at radius 2 is 1.32 bits per heavy atom. The third-order valence-electron chi connectivity index (χ3n) is 4.84. The van der Waals surface area contributed by atoms with Gasteiger partial charge in [-0.25, -0.2) is 0 Å². The molecule has 136 valence electrons. The average molecular weight is 365 g/mol. The van der Waals surface area contributed by atoms with E-state index in [9.17, 15) is 0 Å². The minimum Gasteiger partial charge on any atom is -0.364 e. The minimum atomic E-state index is 0.686. The van der Waals surface area contributed by atoms with Gasteiger partial charge in [0.25, 0.3) is 0 Å². The maximum atomic E-state index is 4.86. The number of fused-ring (bicyclic) bond motifs is 3. The molecule has 28 heavy (non-hydrogen) atoms. The molecule has 1 N–H and O–H groups in total. The van der Waals surface area contributed by atoms with Crippen LogP contribution in [0.25, 0.3) is 16.4 Å². The summed E-state index contributed by atoms with van der Waals surface area (Å²) in [6.07, 6.45) is 0.686. The van der Waals surface area contributed by atoms with E-state index in [2.05, 4.69) is 51.9 Å². The van der Waals surface area contributed by atoms with Gasteiger partial charge in [-0.15, -0.1) is 15.3 Å². The molecule has 0 spiro atoms. The lowest BCUT2D eigenvalue weighted by molar-refractivity contribution is 0.841. The van der Waals surface area contributed by atoms with Gasteiger partial charge in [-0.3, -0.25) is 0 Å². The predicted octanol–water partition coefficient (Wildman–Crippen LogP) is 4.48. The molecule has 2 aromatic heterocycles. The lowest BCUT2D eigenvalue weighted by Gasteiger charge is -2.10. The number of nitrogens with one attached hydrogen (secondary N) is 1. The van der Waals surface area contributed by atoms with Crippen LogP contribution in [0.15, 0.2) is 84.9 Å². The highest BCUT2D eigenvalue weighted by Crippen LogP contribution is 2.25. The zero-order chi connectivity index (χ0) is 18.8. The fraction of sp³-hybridized carbons (Fsp3) is 0.0870. The number of benzene rings is 3. The smallest absolute Gasteiger partial charge is 0.185 e. The molecule has 0 saturated carbocycles. The lowest BCUT2D eigenvalue weighted by Crippen LogP contribution is -2.07. The number of aromatic nitrogens is 4. The Morgan fingerprint density at radius 1 is 0.679 bits per heavy atom. The Labute approximate surface area is 162 Å². The SMILES string of the molecule is c1ccc(CNc2nn3c(Cc4ccccc4)nnc3c3ccccc23)cc1. The second kappa shape index (κ2) is 7.12. The van der Waals surface area contributed by atoms with E-state index in [1.54, 1.807) is 0 Å². The van der Waals surface area contributed by atoms with Crippen LogP contribution in [0, 0.1) is 0 Å². The van der Waals surface area contributed by atoms with Crippen LogP contribution in [-0.4, -0.2) is 19.8 Å². The van der Waals surface area contributed by atoms with Crippen LogP contribution in [0.3, 0.4) is 0 Å². The van der Waals surface area contributed by atoms with E-state index in [4.69, 9.17) is 5.10 Å². The number of hydrogen-bond acceptors (Lipinski definition) is 4. The standard InChI is InChI=1S/C23H19N5/c1-3-9-17(10-4-1)15-21-25-26-23-20-14-8-7-13-19(20)22(27-28(21)23)24-16-18-11-5-2-6-12-18/h1-14H,15-16H2,(H,24,27). The van der Waals surface area contributed by atoms with E-state index in [0.717, 1.165) is 28.1 Å². The van der Waals surface area contributed by atoms with Crippen molar-refractivity contribution < 1.29 is 0 Å². The lowest BCUT2D eigenvalue weighted by atomic mass is 10.1. The summed E-state index contributed by atoms with van der Waals surface area (Å²) >= 11 is 0. The molecular formula is C23H19N5. The van der Waals surface area contributed by atoms with Crippen LogP contribution in [0.5, 0.6) is 0 Å². The van der Waals surface area contributed by atoms with Crippen LogP contribution in [0.1, 0.15) is 17.0 Å². The molecule has 0 radical (unpaired) electrons. The molecule has 3 aromatic carbocycles. The molecule has 5 aromatic rings. The van der Waals surface area contributed by atoms with Crippen LogP contribution >= 0.6 is 0 Å². The minimum absolute atomic E-state index is 0.686. The van der Waals surface area contributed by atoms with Crippen molar-refractivity contribution in [3.05, 3.63) is 102 Å². The molecule has 0 bridgehead atoms. The van der Waals surface area contributed by atoms with Crippen molar-refractivity contribution in [3.63, 3.8) is 0 Å². The highest BCUT2D eigenvalue weighted by molar-refractivity contribution is 5.99. The number of rotatable bonds is 5. The summed E-state index contributed by atoms with van der Waals surface area (Å²) in [5.41, 5.74) is 3.18. The molecule has 5 rings (SSSR count). The van der Waals surface area contributed by atoms with Crippen molar-refractivity contribution in [2.75, 3.05) is 5.32 Å². The first-order valence-corrected chi connectivity index (χ1v) is 9.33. The molecule has 0 fully saturated rings. The zero-order valence-corrected chi connectivity index (χ0v) is 15.3. The van der Waals surface area contributed by atoms with E-state index in [0.29, 0.717) is 13.0 Å². The van der Waals surface area contributed by atoms with E-state index in [1.807, 2.05) is 53.0 Å². The molecule has 2 heterocycles. The summed E-state index contributed by atoms with van der Waals surface area (Å²) in [7, 11) is 0. The third-order valence-corrected chi connectivity index (χ3v) is 4.84. The molecule has 0 amide bonds. The maximum absolute atomic E-state index is 4.86. The van der Waals surface area contributed by atoms with E-state index < -0.39 is 0 Å². The maximum Gasteiger partial charge on any atom is 0.185 e. The fourth-order valence-electron chi connectivity index (χ4n) is 3.42. The van der Waals surface area contributed by atoms with Gasteiger partial charge in [0, 0.05) is 23.7 Å². The first-order valence-electron chi connectivity index (χ1n) is 9.33. The van der Waals surface area contributed by atoms with Gasteiger partial charge in [-0.2, -0.15) is 4.52 Å². The summed E-state index contributed by atoms with van der Waals surface area (Å²) in [6, 6.07) is 28.8. The molecule has 0 saturated heterocycles. The number of anilines is 1. The first kappa shape index (κ1) is 16.4. The van der Waals surface area contributed by atoms with Crippen LogP contribution in [0.4, 0.5) is 5.82 Å². The highest BCUT2D eigenvalue weighted by Gasteiger charge is 2.14. The Bertz CT molecular complexity index is 1230. The fourth-order valence-corrected chi connectivity index (χ4v) is 3.42. The van der Waals surface area contributed by atoms with Crippen molar-refractivity contribution in [2.24, 2.45) is 0 Å². The quantitative estimate of drug-likeness (QED) is 0.499. The van der Waals surface area contributed by atoms with Crippen molar-refractivity contribution in [1.82, 2.24) is 19.8 Å². The monoisotopic (exact) mass is 365 g/mol. The van der Waals surface area contributed by atoms with Gasteiger partial charge in [0.15, 0.2) is 17.3 Å². The second-order valence-corrected chi connectivity index (χ2v) is 6.75. The third kappa shape index (κ3) is 3.07. The zero-order valence-electron chi connectivity index (χ0n) is 15.3. The molecule has 0 unspecified atom stereocenters. The summed E-state index contributed by atoms with van der Waals surface area (Å²) in [5, 5.41) is 19.3. The van der Waals surface area contributed by atoms with E-state index in [1.165, 1.54) is 11.1 Å².